The summed E-state index contributed by atoms with van der Waals surface area (Å²) in [5.74, 6) is -0.535. The Kier molecular flexibility index (Phi) is 5.81. The minimum absolute atomic E-state index is 0.00468. The second-order valence-electron chi connectivity index (χ2n) is 8.21. The summed E-state index contributed by atoms with van der Waals surface area (Å²) in [6.07, 6.45) is 4.09. The molecular weight excluding hydrogens is 450 g/mol. The van der Waals surface area contributed by atoms with E-state index in [4.69, 9.17) is 16.3 Å². The molecule has 1 fully saturated rings. The van der Waals surface area contributed by atoms with Crippen LogP contribution in [0.3, 0.4) is 0 Å². The van der Waals surface area contributed by atoms with E-state index in [1.54, 1.807) is 24.3 Å². The molecule has 6 nitrogen and oxygen atoms in total. The van der Waals surface area contributed by atoms with Crippen molar-refractivity contribution in [1.29, 1.82) is 0 Å². The molecule has 1 heterocycles. The van der Waals surface area contributed by atoms with E-state index >= 15 is 0 Å². The molecule has 0 bridgehead atoms. The Morgan fingerprint density at radius 1 is 1.16 bits per heavy atom. The maximum Gasteiger partial charge on any atom is 0.343 e. The van der Waals surface area contributed by atoms with Crippen LogP contribution >= 0.6 is 11.6 Å². The Morgan fingerprint density at radius 3 is 2.56 bits per heavy atom. The van der Waals surface area contributed by atoms with Gasteiger partial charge in [-0.05, 0) is 73.6 Å². The summed E-state index contributed by atoms with van der Waals surface area (Å²) in [7, 11) is -3.64. The number of benzene rings is 2. The number of aryl methyl sites for hydroxylation is 1. The van der Waals surface area contributed by atoms with Gasteiger partial charge >= 0.3 is 5.97 Å². The minimum atomic E-state index is -3.64. The highest BCUT2D eigenvalue weighted by Crippen LogP contribution is 2.46. The number of esters is 1. The predicted molar refractivity (Wildman–Crippen MR) is 126 cm³/mol. The molecule has 1 aliphatic carbocycles. The van der Waals surface area contributed by atoms with Gasteiger partial charge in [0, 0.05) is 21.7 Å². The smallest absolute Gasteiger partial charge is 0.343 e. The zero-order valence-electron chi connectivity index (χ0n) is 17.7. The SMILES string of the molecule is C=CS(=O)(=O)Nc1cccc(-c2cc(C)c(C3=C(O)C4(CCCCC4)OC3=O)cc2Cl)c1. The Labute approximate surface area is 192 Å². The Morgan fingerprint density at radius 2 is 1.88 bits per heavy atom. The van der Waals surface area contributed by atoms with Crippen molar-refractivity contribution < 1.29 is 23.1 Å². The first-order valence-corrected chi connectivity index (χ1v) is 12.3. The van der Waals surface area contributed by atoms with Gasteiger partial charge in [0.25, 0.3) is 10.0 Å². The van der Waals surface area contributed by atoms with E-state index in [1.165, 1.54) is 0 Å². The minimum Gasteiger partial charge on any atom is -0.507 e. The number of nitrogens with one attached hydrogen (secondary N) is 1. The molecule has 2 aromatic carbocycles. The number of carbonyl (C=O) groups excluding carboxylic acids is 1. The maximum atomic E-state index is 12.7. The van der Waals surface area contributed by atoms with Gasteiger partial charge in [0.15, 0.2) is 11.4 Å². The van der Waals surface area contributed by atoms with Crippen LogP contribution in [0.15, 0.2) is 54.1 Å². The van der Waals surface area contributed by atoms with E-state index in [2.05, 4.69) is 11.3 Å². The average molecular weight is 474 g/mol. The second-order valence-corrected chi connectivity index (χ2v) is 10.2. The van der Waals surface area contributed by atoms with Crippen LogP contribution in [0.25, 0.3) is 16.7 Å². The largest absolute Gasteiger partial charge is 0.507 e. The first kappa shape index (κ1) is 22.4. The Hall–Kier alpha value is -2.77. The number of hydrogen-bond donors (Lipinski definition) is 2. The molecule has 1 aliphatic heterocycles. The van der Waals surface area contributed by atoms with Crippen molar-refractivity contribution in [2.75, 3.05) is 4.72 Å². The van der Waals surface area contributed by atoms with Gasteiger partial charge in [0.05, 0.1) is 0 Å². The molecule has 1 saturated carbocycles. The first-order chi connectivity index (χ1) is 15.2. The number of aliphatic hydroxyl groups excluding tert-OH is 1. The van der Waals surface area contributed by atoms with Gasteiger partial charge in [-0.3, -0.25) is 4.72 Å². The Balaban J connectivity index is 1.74. The molecule has 2 aromatic rings. The molecule has 0 radical (unpaired) electrons. The van der Waals surface area contributed by atoms with E-state index in [0.717, 1.165) is 30.2 Å². The fraction of sp³-hybridized carbons (Fsp3) is 0.292. The van der Waals surface area contributed by atoms with E-state index in [-0.39, 0.29) is 11.3 Å². The lowest BCUT2D eigenvalue weighted by Gasteiger charge is -2.31. The van der Waals surface area contributed by atoms with Gasteiger partial charge in [0.2, 0.25) is 0 Å². The molecule has 8 heteroatoms. The van der Waals surface area contributed by atoms with Crippen molar-refractivity contribution in [3.8, 4) is 11.1 Å². The van der Waals surface area contributed by atoms with E-state index in [0.29, 0.717) is 40.2 Å². The van der Waals surface area contributed by atoms with Crippen LogP contribution < -0.4 is 4.72 Å². The van der Waals surface area contributed by atoms with Crippen LogP contribution in [0.5, 0.6) is 0 Å². The summed E-state index contributed by atoms with van der Waals surface area (Å²) in [5.41, 5.74) is 2.28. The number of anilines is 1. The zero-order chi connectivity index (χ0) is 23.1. The van der Waals surface area contributed by atoms with E-state index in [1.807, 2.05) is 19.1 Å². The van der Waals surface area contributed by atoms with Crippen molar-refractivity contribution in [3.63, 3.8) is 0 Å². The molecule has 0 saturated heterocycles. The fourth-order valence-corrected chi connectivity index (χ4v) is 5.24. The van der Waals surface area contributed by atoms with Crippen LogP contribution in [-0.4, -0.2) is 25.1 Å². The molecule has 0 aromatic heterocycles. The molecule has 0 amide bonds. The van der Waals surface area contributed by atoms with Crippen molar-refractivity contribution in [1.82, 2.24) is 0 Å². The number of halogens is 1. The molecule has 2 N–H and O–H groups in total. The van der Waals surface area contributed by atoms with Gasteiger partial charge in [-0.25, -0.2) is 13.2 Å². The second kappa shape index (κ2) is 8.30. The summed E-state index contributed by atoms with van der Waals surface area (Å²) in [4.78, 5) is 12.7. The summed E-state index contributed by atoms with van der Waals surface area (Å²) < 4.78 is 31.7. The summed E-state index contributed by atoms with van der Waals surface area (Å²) >= 11 is 6.59. The quantitative estimate of drug-likeness (QED) is 0.541. The summed E-state index contributed by atoms with van der Waals surface area (Å²) in [5, 5.41) is 12.2. The lowest BCUT2D eigenvalue weighted by Crippen LogP contribution is -2.34. The van der Waals surface area contributed by atoms with Crippen LogP contribution in [0.2, 0.25) is 5.02 Å². The number of rotatable bonds is 5. The highest BCUT2D eigenvalue weighted by molar-refractivity contribution is 7.95. The standard InChI is InChI=1S/C24H24ClNO5S/c1-3-32(29,30)26-17-9-7-8-16(13-17)19-12-15(2)18(14-20(19)25)21-22(27)24(31-23(21)28)10-5-4-6-11-24/h3,7-9,12-14,26-27H,1,4-6,10-11H2,2H3. The van der Waals surface area contributed by atoms with Gasteiger partial charge in [-0.2, -0.15) is 0 Å². The highest BCUT2D eigenvalue weighted by Gasteiger charge is 2.49. The third-order valence-electron chi connectivity index (χ3n) is 6.06. The van der Waals surface area contributed by atoms with Crippen LogP contribution in [0.4, 0.5) is 5.69 Å². The summed E-state index contributed by atoms with van der Waals surface area (Å²) in [6.45, 7) is 5.12. The summed E-state index contributed by atoms with van der Waals surface area (Å²) in [6, 6.07) is 10.3. The normalized spacial score (nSPS) is 18.0. The van der Waals surface area contributed by atoms with Crippen molar-refractivity contribution in [2.45, 2.75) is 44.6 Å². The Bertz CT molecular complexity index is 1240. The highest BCUT2D eigenvalue weighted by atomic mass is 35.5. The van der Waals surface area contributed by atoms with Gasteiger partial charge < -0.3 is 9.84 Å². The van der Waals surface area contributed by atoms with Crippen LogP contribution in [0.1, 0.15) is 43.2 Å². The molecule has 4 rings (SSSR count). The van der Waals surface area contributed by atoms with E-state index < -0.39 is 21.6 Å². The lowest BCUT2D eigenvalue weighted by molar-refractivity contribution is -0.149. The third kappa shape index (κ3) is 4.02. The number of ether oxygens (including phenoxy) is 1. The van der Waals surface area contributed by atoms with Gasteiger partial charge in [-0.15, -0.1) is 0 Å². The number of carbonyl (C=O) groups is 1. The van der Waals surface area contributed by atoms with Crippen molar-refractivity contribution in [2.24, 2.45) is 0 Å². The molecule has 0 atom stereocenters. The molecule has 1 spiro atoms. The molecule has 168 valence electrons. The number of sulfonamides is 1. The molecule has 32 heavy (non-hydrogen) atoms. The molecule has 2 aliphatic rings. The third-order valence-corrected chi connectivity index (χ3v) is 7.33. The van der Waals surface area contributed by atoms with Crippen molar-refractivity contribution in [3.05, 3.63) is 70.3 Å². The topological polar surface area (TPSA) is 92.7 Å². The average Bonchev–Trinajstić information content (AvgIpc) is 2.99. The zero-order valence-corrected chi connectivity index (χ0v) is 19.2. The first-order valence-electron chi connectivity index (χ1n) is 10.4. The number of aliphatic hydroxyl groups is 1. The molecule has 0 unspecified atom stereocenters. The number of hydrogen-bond acceptors (Lipinski definition) is 5. The predicted octanol–water partition coefficient (Wildman–Crippen LogP) is 5.73. The maximum absolute atomic E-state index is 12.7. The molecular formula is C24H24ClNO5S. The van der Waals surface area contributed by atoms with Crippen LogP contribution in [-0.2, 0) is 19.6 Å². The van der Waals surface area contributed by atoms with Crippen molar-refractivity contribution >= 4 is 38.9 Å². The van der Waals surface area contributed by atoms with Crippen LogP contribution in [0, 0.1) is 6.92 Å². The fourth-order valence-electron chi connectivity index (χ4n) is 4.43. The van der Waals surface area contributed by atoms with Gasteiger partial charge in [-0.1, -0.05) is 36.7 Å². The lowest BCUT2D eigenvalue weighted by atomic mass is 9.82. The monoisotopic (exact) mass is 473 g/mol. The van der Waals surface area contributed by atoms with E-state index in [9.17, 15) is 18.3 Å². The van der Waals surface area contributed by atoms with Gasteiger partial charge in [0.1, 0.15) is 5.57 Å².